The molecule has 0 aliphatic heterocycles. The third-order valence-electron chi connectivity index (χ3n) is 5.22. The zero-order valence-electron chi connectivity index (χ0n) is 15.7. The maximum absolute atomic E-state index is 6.09. The van der Waals surface area contributed by atoms with Gasteiger partial charge in [0, 0.05) is 11.1 Å². The Kier molecular flexibility index (Phi) is 3.35. The van der Waals surface area contributed by atoms with Gasteiger partial charge in [-0.15, -0.1) is 0 Å². The van der Waals surface area contributed by atoms with Gasteiger partial charge in [-0.3, -0.25) is 0 Å². The SMILES string of the molecule is Cc1ccc2nc(-c3ccc(-c4nc5ccccc5o4)c4ccccc34)oc2c1. The standard InChI is InChI=1S/C25H16N2O2/c1-15-10-13-21-23(14-15)29-25(27-21)19-12-11-18(16-6-2-3-7-17(16)19)24-26-20-8-4-5-9-22(20)28-24/h2-14H,1H3. The average Bonchev–Trinajstić information content (AvgIpc) is 3.36. The lowest BCUT2D eigenvalue weighted by Crippen LogP contribution is -1.86. The molecule has 0 saturated carbocycles. The summed E-state index contributed by atoms with van der Waals surface area (Å²) in [5.41, 5.74) is 6.35. The van der Waals surface area contributed by atoms with E-state index < -0.39 is 0 Å². The van der Waals surface area contributed by atoms with Crippen molar-refractivity contribution < 1.29 is 8.83 Å². The monoisotopic (exact) mass is 376 g/mol. The van der Waals surface area contributed by atoms with Crippen molar-refractivity contribution in [2.45, 2.75) is 6.92 Å². The highest BCUT2D eigenvalue weighted by molar-refractivity contribution is 6.03. The van der Waals surface area contributed by atoms with Crippen LogP contribution in [0.15, 0.2) is 87.7 Å². The lowest BCUT2D eigenvalue weighted by molar-refractivity contribution is 0.618. The van der Waals surface area contributed by atoms with Gasteiger partial charge in [0.2, 0.25) is 11.8 Å². The molecule has 2 heterocycles. The van der Waals surface area contributed by atoms with Gasteiger partial charge in [0.25, 0.3) is 0 Å². The molecular weight excluding hydrogens is 360 g/mol. The summed E-state index contributed by atoms with van der Waals surface area (Å²) < 4.78 is 12.1. The smallest absolute Gasteiger partial charge is 0.227 e. The van der Waals surface area contributed by atoms with Crippen LogP contribution >= 0.6 is 0 Å². The molecule has 0 aliphatic carbocycles. The van der Waals surface area contributed by atoms with Gasteiger partial charge in [-0.1, -0.05) is 42.5 Å². The van der Waals surface area contributed by atoms with Crippen molar-refractivity contribution in [1.29, 1.82) is 0 Å². The summed E-state index contributed by atoms with van der Waals surface area (Å²) in [7, 11) is 0. The highest BCUT2D eigenvalue weighted by atomic mass is 16.4. The first kappa shape index (κ1) is 16.1. The molecule has 0 bridgehead atoms. The van der Waals surface area contributed by atoms with E-state index in [1.54, 1.807) is 0 Å². The summed E-state index contributed by atoms with van der Waals surface area (Å²) in [4.78, 5) is 9.38. The molecule has 0 amide bonds. The van der Waals surface area contributed by atoms with Crippen LogP contribution < -0.4 is 0 Å². The molecule has 0 saturated heterocycles. The Morgan fingerprint density at radius 2 is 1.17 bits per heavy atom. The van der Waals surface area contributed by atoms with Gasteiger partial charge in [-0.25, -0.2) is 9.97 Å². The normalized spacial score (nSPS) is 11.6. The van der Waals surface area contributed by atoms with Crippen LogP contribution in [0.5, 0.6) is 0 Å². The number of oxazole rings is 2. The molecule has 138 valence electrons. The van der Waals surface area contributed by atoms with Crippen LogP contribution in [0.4, 0.5) is 0 Å². The minimum atomic E-state index is 0.613. The Hall–Kier alpha value is -3.92. The van der Waals surface area contributed by atoms with Gasteiger partial charge < -0.3 is 8.83 Å². The third kappa shape index (κ3) is 2.53. The maximum Gasteiger partial charge on any atom is 0.227 e. The fraction of sp³-hybridized carbons (Fsp3) is 0.0400. The molecule has 0 aliphatic rings. The fourth-order valence-corrected chi connectivity index (χ4v) is 3.81. The van der Waals surface area contributed by atoms with Crippen LogP contribution in [0, 0.1) is 6.92 Å². The van der Waals surface area contributed by atoms with Gasteiger partial charge in [0.15, 0.2) is 11.2 Å². The number of hydrogen-bond donors (Lipinski definition) is 0. The molecule has 0 radical (unpaired) electrons. The number of para-hydroxylation sites is 2. The molecule has 0 spiro atoms. The van der Waals surface area contributed by atoms with Crippen molar-refractivity contribution in [2.24, 2.45) is 0 Å². The summed E-state index contributed by atoms with van der Waals surface area (Å²) in [5.74, 6) is 1.23. The maximum atomic E-state index is 6.09. The van der Waals surface area contributed by atoms with Crippen molar-refractivity contribution in [3.63, 3.8) is 0 Å². The van der Waals surface area contributed by atoms with E-state index in [9.17, 15) is 0 Å². The molecule has 0 unspecified atom stereocenters. The Balaban J connectivity index is 1.58. The number of hydrogen-bond acceptors (Lipinski definition) is 4. The predicted octanol–water partition coefficient (Wildman–Crippen LogP) is 6.76. The second-order valence-corrected chi connectivity index (χ2v) is 7.18. The molecule has 29 heavy (non-hydrogen) atoms. The third-order valence-corrected chi connectivity index (χ3v) is 5.22. The average molecular weight is 376 g/mol. The van der Waals surface area contributed by atoms with Crippen LogP contribution in [0.2, 0.25) is 0 Å². The molecule has 0 N–H and O–H groups in total. The molecule has 4 nitrogen and oxygen atoms in total. The Morgan fingerprint density at radius 1 is 0.586 bits per heavy atom. The number of benzene rings is 4. The second-order valence-electron chi connectivity index (χ2n) is 7.18. The van der Waals surface area contributed by atoms with E-state index in [1.165, 1.54) is 0 Å². The zero-order valence-corrected chi connectivity index (χ0v) is 15.7. The lowest BCUT2D eigenvalue weighted by Gasteiger charge is -2.07. The second kappa shape index (κ2) is 6.04. The van der Waals surface area contributed by atoms with Crippen LogP contribution in [0.3, 0.4) is 0 Å². The molecular formula is C25H16N2O2. The summed E-state index contributed by atoms with van der Waals surface area (Å²) >= 11 is 0. The Labute approximate surface area is 166 Å². The largest absolute Gasteiger partial charge is 0.436 e. The summed E-state index contributed by atoms with van der Waals surface area (Å²) in [6.45, 7) is 2.05. The van der Waals surface area contributed by atoms with E-state index in [2.05, 4.69) is 17.1 Å². The number of aromatic nitrogens is 2. The van der Waals surface area contributed by atoms with Gasteiger partial charge in [0.05, 0.1) is 0 Å². The topological polar surface area (TPSA) is 52.1 Å². The minimum Gasteiger partial charge on any atom is -0.436 e. The van der Waals surface area contributed by atoms with Crippen LogP contribution in [-0.4, -0.2) is 9.97 Å². The minimum absolute atomic E-state index is 0.613. The van der Waals surface area contributed by atoms with Crippen LogP contribution in [0.25, 0.3) is 55.9 Å². The highest BCUT2D eigenvalue weighted by Gasteiger charge is 2.16. The Morgan fingerprint density at radius 3 is 1.86 bits per heavy atom. The summed E-state index contributed by atoms with van der Waals surface area (Å²) in [6.07, 6.45) is 0. The van der Waals surface area contributed by atoms with Crippen molar-refractivity contribution in [3.8, 4) is 22.9 Å². The first-order valence-electron chi connectivity index (χ1n) is 9.51. The molecule has 4 heteroatoms. The summed E-state index contributed by atoms with van der Waals surface area (Å²) in [5, 5.41) is 2.10. The van der Waals surface area contributed by atoms with Crippen molar-refractivity contribution in [2.75, 3.05) is 0 Å². The van der Waals surface area contributed by atoms with Gasteiger partial charge >= 0.3 is 0 Å². The van der Waals surface area contributed by atoms with E-state index in [-0.39, 0.29) is 0 Å². The first-order chi connectivity index (χ1) is 14.3. The molecule has 0 atom stereocenters. The van der Waals surface area contributed by atoms with E-state index in [0.29, 0.717) is 11.8 Å². The summed E-state index contributed by atoms with van der Waals surface area (Å²) in [6, 6.07) is 26.1. The van der Waals surface area contributed by atoms with Gasteiger partial charge in [0.1, 0.15) is 11.0 Å². The number of rotatable bonds is 2. The van der Waals surface area contributed by atoms with Crippen molar-refractivity contribution >= 4 is 33.0 Å². The first-order valence-corrected chi connectivity index (χ1v) is 9.51. The Bertz CT molecular complexity index is 1490. The molecule has 4 aromatic carbocycles. The quantitative estimate of drug-likeness (QED) is 0.335. The van der Waals surface area contributed by atoms with Crippen LogP contribution in [-0.2, 0) is 0 Å². The number of aryl methyl sites for hydroxylation is 1. The molecule has 6 rings (SSSR count). The highest BCUT2D eigenvalue weighted by Crippen LogP contribution is 2.37. The van der Waals surface area contributed by atoms with Crippen molar-refractivity contribution in [3.05, 3.63) is 84.4 Å². The van der Waals surface area contributed by atoms with E-state index in [4.69, 9.17) is 13.8 Å². The van der Waals surface area contributed by atoms with Gasteiger partial charge in [-0.2, -0.15) is 0 Å². The molecule has 6 aromatic rings. The van der Waals surface area contributed by atoms with E-state index in [1.807, 2.05) is 73.7 Å². The number of fused-ring (bicyclic) bond motifs is 3. The lowest BCUT2D eigenvalue weighted by atomic mass is 9.99. The zero-order chi connectivity index (χ0) is 19.4. The molecule has 0 fully saturated rings. The molecule has 2 aromatic heterocycles. The fourth-order valence-electron chi connectivity index (χ4n) is 3.81. The number of nitrogens with zero attached hydrogens (tertiary/aromatic N) is 2. The van der Waals surface area contributed by atoms with Crippen molar-refractivity contribution in [1.82, 2.24) is 9.97 Å². The van der Waals surface area contributed by atoms with Gasteiger partial charge in [-0.05, 0) is 59.7 Å². The van der Waals surface area contributed by atoms with Crippen LogP contribution in [0.1, 0.15) is 5.56 Å². The predicted molar refractivity (Wildman–Crippen MR) is 115 cm³/mol. The van der Waals surface area contributed by atoms with E-state index in [0.717, 1.165) is 49.7 Å². The van der Waals surface area contributed by atoms with E-state index >= 15 is 0 Å².